The maximum Gasteiger partial charge on any atom is 0.357 e. The fraction of sp³-hybridized carbons (Fsp3) is 0.190. The Balaban J connectivity index is 1.64. The number of benzene rings is 2. The molecule has 2 aromatic carbocycles. The molecule has 5 nitrogen and oxygen atoms in total. The smallest absolute Gasteiger partial charge is 0.357 e. The van der Waals surface area contributed by atoms with Gasteiger partial charge in [-0.2, -0.15) is 0 Å². The first-order valence-corrected chi connectivity index (χ1v) is 8.53. The van der Waals surface area contributed by atoms with Crippen molar-refractivity contribution >= 4 is 28.5 Å². The summed E-state index contributed by atoms with van der Waals surface area (Å²) in [7, 11) is 0. The Morgan fingerprint density at radius 3 is 2.50 bits per heavy atom. The second kappa shape index (κ2) is 7.78. The Hall–Kier alpha value is -3.21. The highest BCUT2D eigenvalue weighted by Gasteiger charge is 2.20. The Bertz CT molecular complexity index is 935. The van der Waals surface area contributed by atoms with Crippen LogP contribution in [0.2, 0.25) is 0 Å². The van der Waals surface area contributed by atoms with Crippen LogP contribution in [0.3, 0.4) is 0 Å². The zero-order valence-corrected chi connectivity index (χ0v) is 14.7. The first-order chi connectivity index (χ1) is 12.6. The maximum absolute atomic E-state index is 12.3. The van der Waals surface area contributed by atoms with Crippen molar-refractivity contribution in [1.82, 2.24) is 4.98 Å². The molecule has 1 atom stereocenters. The molecule has 0 radical (unpaired) electrons. The van der Waals surface area contributed by atoms with E-state index in [0.29, 0.717) is 11.2 Å². The number of ether oxygens (including phenoxy) is 1. The van der Waals surface area contributed by atoms with E-state index in [2.05, 4.69) is 17.2 Å². The summed E-state index contributed by atoms with van der Waals surface area (Å²) in [6.45, 7) is 3.60. The average Bonchev–Trinajstić information content (AvgIpc) is 2.68. The van der Waals surface area contributed by atoms with Crippen molar-refractivity contribution in [2.24, 2.45) is 0 Å². The number of anilines is 1. The summed E-state index contributed by atoms with van der Waals surface area (Å²) in [5, 5.41) is 3.68. The molecule has 1 heterocycles. The molecule has 0 aliphatic rings. The number of esters is 1. The van der Waals surface area contributed by atoms with Gasteiger partial charge in [0, 0.05) is 11.1 Å². The zero-order chi connectivity index (χ0) is 18.5. The molecule has 0 aliphatic carbocycles. The lowest BCUT2D eigenvalue weighted by atomic mass is 10.1. The highest BCUT2D eigenvalue weighted by atomic mass is 16.5. The lowest BCUT2D eigenvalue weighted by Gasteiger charge is -2.13. The fourth-order valence-electron chi connectivity index (χ4n) is 2.52. The topological polar surface area (TPSA) is 68.3 Å². The average molecular weight is 348 g/mol. The van der Waals surface area contributed by atoms with Gasteiger partial charge in [-0.15, -0.1) is 0 Å². The third kappa shape index (κ3) is 4.06. The minimum absolute atomic E-state index is 0.177. The molecule has 0 unspecified atom stereocenters. The number of nitrogens with one attached hydrogen (secondary N) is 1. The second-order valence-electron chi connectivity index (χ2n) is 5.98. The minimum atomic E-state index is -0.929. The zero-order valence-electron chi connectivity index (χ0n) is 14.7. The quantitative estimate of drug-likeness (QED) is 0.708. The minimum Gasteiger partial charge on any atom is -0.448 e. The maximum atomic E-state index is 12.3. The number of rotatable bonds is 5. The lowest BCUT2D eigenvalue weighted by Crippen LogP contribution is -2.30. The first-order valence-electron chi connectivity index (χ1n) is 8.53. The van der Waals surface area contributed by atoms with Crippen LogP contribution in [-0.4, -0.2) is 23.0 Å². The Morgan fingerprint density at radius 2 is 1.77 bits per heavy atom. The molecule has 132 valence electrons. The predicted octanol–water partition coefficient (Wildman–Crippen LogP) is 3.98. The van der Waals surface area contributed by atoms with Crippen LogP contribution in [0.4, 0.5) is 5.69 Å². The largest absolute Gasteiger partial charge is 0.448 e. The number of hydrogen-bond acceptors (Lipinski definition) is 4. The van der Waals surface area contributed by atoms with E-state index in [-0.39, 0.29) is 11.6 Å². The van der Waals surface area contributed by atoms with E-state index in [1.807, 2.05) is 48.5 Å². The first kappa shape index (κ1) is 17.6. The van der Waals surface area contributed by atoms with Crippen LogP contribution < -0.4 is 5.32 Å². The molecule has 0 bridgehead atoms. The molecular formula is C21H20N2O3. The molecule has 0 fully saturated rings. The molecule has 0 saturated heterocycles. The molecule has 5 heteroatoms. The molecule has 3 aromatic rings. The van der Waals surface area contributed by atoms with Gasteiger partial charge in [0.05, 0.1) is 5.52 Å². The van der Waals surface area contributed by atoms with Crippen LogP contribution in [0.25, 0.3) is 10.9 Å². The van der Waals surface area contributed by atoms with E-state index in [1.165, 1.54) is 12.5 Å². The predicted molar refractivity (Wildman–Crippen MR) is 101 cm³/mol. The Labute approximate surface area is 152 Å². The molecule has 0 saturated carbocycles. The van der Waals surface area contributed by atoms with Crippen LogP contribution in [0, 0.1) is 0 Å². The van der Waals surface area contributed by atoms with E-state index in [1.54, 1.807) is 12.1 Å². The van der Waals surface area contributed by atoms with Gasteiger partial charge in [0.2, 0.25) is 0 Å². The van der Waals surface area contributed by atoms with Crippen molar-refractivity contribution in [3.05, 3.63) is 71.9 Å². The Kier molecular flexibility index (Phi) is 5.27. The van der Waals surface area contributed by atoms with Crippen molar-refractivity contribution in [1.29, 1.82) is 0 Å². The second-order valence-corrected chi connectivity index (χ2v) is 5.98. The highest BCUT2D eigenvalue weighted by molar-refractivity contribution is 5.97. The normalized spacial score (nSPS) is 11.8. The van der Waals surface area contributed by atoms with Crippen LogP contribution in [0.15, 0.2) is 60.7 Å². The van der Waals surface area contributed by atoms with Gasteiger partial charge in [-0.25, -0.2) is 9.78 Å². The number of carbonyl (C=O) groups excluding carboxylic acids is 2. The molecule has 26 heavy (non-hydrogen) atoms. The summed E-state index contributed by atoms with van der Waals surface area (Å²) in [5.41, 5.74) is 2.73. The van der Waals surface area contributed by atoms with Crippen molar-refractivity contribution in [3.8, 4) is 0 Å². The number of hydrogen-bond donors (Lipinski definition) is 1. The lowest BCUT2D eigenvalue weighted by molar-refractivity contribution is -0.123. The van der Waals surface area contributed by atoms with Gasteiger partial charge in [0.1, 0.15) is 5.69 Å². The van der Waals surface area contributed by atoms with E-state index in [9.17, 15) is 9.59 Å². The monoisotopic (exact) mass is 348 g/mol. The summed E-state index contributed by atoms with van der Waals surface area (Å²) < 4.78 is 5.25. The van der Waals surface area contributed by atoms with Gasteiger partial charge in [-0.3, -0.25) is 4.79 Å². The number of aryl methyl sites for hydroxylation is 1. The SMILES string of the molecule is CCc1ccc(NC(=O)[C@@H](C)OC(=O)c2ccc3ccccc3n2)cc1. The summed E-state index contributed by atoms with van der Waals surface area (Å²) >= 11 is 0. The number of amides is 1. The summed E-state index contributed by atoms with van der Waals surface area (Å²) in [6, 6.07) is 18.5. The van der Waals surface area contributed by atoms with Crippen LogP contribution in [-0.2, 0) is 16.0 Å². The standard InChI is InChI=1S/C21H20N2O3/c1-3-15-8-11-17(12-9-15)22-20(24)14(2)26-21(25)19-13-10-16-6-4-5-7-18(16)23-19/h4-14H,3H2,1-2H3,(H,22,24)/t14-/m1/s1. The van der Waals surface area contributed by atoms with E-state index in [0.717, 1.165) is 11.8 Å². The molecule has 1 amide bonds. The summed E-state index contributed by atoms with van der Waals surface area (Å²) in [5.74, 6) is -1.01. The summed E-state index contributed by atoms with van der Waals surface area (Å²) in [6.07, 6.45) is 0.00249. The third-order valence-corrected chi connectivity index (χ3v) is 4.09. The van der Waals surface area contributed by atoms with E-state index >= 15 is 0 Å². The molecule has 0 spiro atoms. The van der Waals surface area contributed by atoms with Crippen molar-refractivity contribution in [2.75, 3.05) is 5.32 Å². The number of nitrogens with zero attached hydrogens (tertiary/aromatic N) is 1. The van der Waals surface area contributed by atoms with E-state index in [4.69, 9.17) is 4.74 Å². The summed E-state index contributed by atoms with van der Waals surface area (Å²) in [4.78, 5) is 28.8. The van der Waals surface area contributed by atoms with Crippen molar-refractivity contribution in [2.45, 2.75) is 26.4 Å². The van der Waals surface area contributed by atoms with Crippen molar-refractivity contribution < 1.29 is 14.3 Å². The van der Waals surface area contributed by atoms with Crippen LogP contribution in [0.1, 0.15) is 29.9 Å². The molecule has 3 rings (SSSR count). The molecule has 0 aliphatic heterocycles. The number of pyridine rings is 1. The van der Waals surface area contributed by atoms with Crippen LogP contribution in [0.5, 0.6) is 0 Å². The number of para-hydroxylation sites is 1. The fourth-order valence-corrected chi connectivity index (χ4v) is 2.52. The Morgan fingerprint density at radius 1 is 1.04 bits per heavy atom. The van der Waals surface area contributed by atoms with Gasteiger partial charge in [0.25, 0.3) is 5.91 Å². The molecule has 1 N–H and O–H groups in total. The number of fused-ring (bicyclic) bond motifs is 1. The van der Waals surface area contributed by atoms with Gasteiger partial charge >= 0.3 is 5.97 Å². The van der Waals surface area contributed by atoms with Crippen LogP contribution >= 0.6 is 0 Å². The van der Waals surface area contributed by atoms with Gasteiger partial charge < -0.3 is 10.1 Å². The molecule has 1 aromatic heterocycles. The highest BCUT2D eigenvalue weighted by Crippen LogP contribution is 2.14. The third-order valence-electron chi connectivity index (χ3n) is 4.09. The van der Waals surface area contributed by atoms with E-state index < -0.39 is 12.1 Å². The van der Waals surface area contributed by atoms with Crippen molar-refractivity contribution in [3.63, 3.8) is 0 Å². The van der Waals surface area contributed by atoms with Gasteiger partial charge in [-0.05, 0) is 43.2 Å². The number of carbonyl (C=O) groups is 2. The van der Waals surface area contributed by atoms with Gasteiger partial charge in [0.15, 0.2) is 6.10 Å². The number of aromatic nitrogens is 1. The van der Waals surface area contributed by atoms with Gasteiger partial charge in [-0.1, -0.05) is 43.3 Å². The molecular weight excluding hydrogens is 328 g/mol.